The average Bonchev–Trinajstić information content (AvgIpc) is 2.63. The highest BCUT2D eigenvalue weighted by Crippen LogP contribution is 2.15. The summed E-state index contributed by atoms with van der Waals surface area (Å²) in [4.78, 5) is 3.93. The van der Waals surface area contributed by atoms with E-state index in [1.165, 1.54) is 0 Å². The molecule has 1 aromatic heterocycles. The van der Waals surface area contributed by atoms with E-state index < -0.39 is 9.84 Å². The lowest BCUT2D eigenvalue weighted by molar-refractivity contribution is 0.593. The first-order valence-corrected chi connectivity index (χ1v) is 7.17. The molecular formula is C7H11ClN2O2S2. The van der Waals surface area contributed by atoms with Crippen LogP contribution < -0.4 is 0 Å². The van der Waals surface area contributed by atoms with Gasteiger partial charge in [-0.2, -0.15) is 4.37 Å². The minimum atomic E-state index is -3.25. The summed E-state index contributed by atoms with van der Waals surface area (Å²) in [7, 11) is -3.25. The Hall–Kier alpha value is -0.200. The molecule has 80 valence electrons. The highest BCUT2D eigenvalue weighted by Gasteiger charge is 2.18. The second kappa shape index (κ2) is 5.04. The van der Waals surface area contributed by atoms with Gasteiger partial charge in [-0.15, -0.1) is 11.6 Å². The molecule has 1 aromatic rings. The van der Waals surface area contributed by atoms with E-state index in [2.05, 4.69) is 9.36 Å². The molecule has 7 heteroatoms. The Balaban J connectivity index is 2.81. The minimum absolute atomic E-state index is 0.0504. The predicted molar refractivity (Wildman–Crippen MR) is 56.7 cm³/mol. The average molecular weight is 255 g/mol. The molecular weight excluding hydrogens is 244 g/mol. The summed E-state index contributed by atoms with van der Waals surface area (Å²) in [6.45, 7) is 1.89. The molecule has 4 nitrogen and oxygen atoms in total. The molecule has 1 heterocycles. The van der Waals surface area contributed by atoms with Crippen LogP contribution in [0.3, 0.4) is 0 Å². The van der Waals surface area contributed by atoms with Gasteiger partial charge in [0.2, 0.25) is 14.2 Å². The molecule has 0 aliphatic heterocycles. The lowest BCUT2D eigenvalue weighted by atomic mass is 10.5. The van der Waals surface area contributed by atoms with Gasteiger partial charge in [-0.3, -0.25) is 0 Å². The molecule has 1 rings (SSSR count). The number of alkyl halides is 1. The fourth-order valence-electron chi connectivity index (χ4n) is 0.840. The van der Waals surface area contributed by atoms with Gasteiger partial charge in [-0.25, -0.2) is 13.4 Å². The van der Waals surface area contributed by atoms with Crippen LogP contribution in [0.1, 0.15) is 19.2 Å². The van der Waals surface area contributed by atoms with Crippen molar-refractivity contribution in [2.24, 2.45) is 0 Å². The number of aromatic nitrogens is 2. The number of hydrogen-bond donors (Lipinski definition) is 0. The molecule has 0 aliphatic rings. The molecule has 0 atom stereocenters. The molecule has 0 amide bonds. The molecule has 14 heavy (non-hydrogen) atoms. The first kappa shape index (κ1) is 11.9. The summed E-state index contributed by atoms with van der Waals surface area (Å²) in [5.41, 5.74) is 0. The standard InChI is InChI=1S/C7H11ClN2O2S2/c1-2-6-9-7(13-10-6)14(11,12)5-3-4-8/h2-5H2,1H3. The van der Waals surface area contributed by atoms with E-state index in [9.17, 15) is 8.42 Å². The van der Waals surface area contributed by atoms with Gasteiger partial charge in [0, 0.05) is 12.3 Å². The fraction of sp³-hybridized carbons (Fsp3) is 0.714. The Morgan fingerprint density at radius 1 is 1.50 bits per heavy atom. The van der Waals surface area contributed by atoms with Crippen molar-refractivity contribution in [2.75, 3.05) is 11.6 Å². The molecule has 0 N–H and O–H groups in total. The van der Waals surface area contributed by atoms with Crippen LogP contribution in [0.15, 0.2) is 4.34 Å². The van der Waals surface area contributed by atoms with Crippen molar-refractivity contribution in [3.8, 4) is 0 Å². The lowest BCUT2D eigenvalue weighted by Crippen LogP contribution is -2.07. The number of rotatable bonds is 5. The van der Waals surface area contributed by atoms with Crippen molar-refractivity contribution in [3.63, 3.8) is 0 Å². The van der Waals surface area contributed by atoms with Crippen molar-refractivity contribution in [1.29, 1.82) is 0 Å². The molecule has 0 saturated carbocycles. The zero-order valence-electron chi connectivity index (χ0n) is 7.73. The van der Waals surface area contributed by atoms with Gasteiger partial charge in [0.15, 0.2) is 0 Å². The SMILES string of the molecule is CCc1nsc(S(=O)(=O)CCCCl)n1. The third-order valence-corrected chi connectivity index (χ3v) is 4.83. The molecule has 0 bridgehead atoms. The van der Waals surface area contributed by atoms with Crippen LogP contribution in [-0.4, -0.2) is 29.4 Å². The fourth-order valence-corrected chi connectivity index (χ4v) is 3.39. The summed E-state index contributed by atoms with van der Waals surface area (Å²) in [6, 6.07) is 0. The normalized spacial score (nSPS) is 11.9. The van der Waals surface area contributed by atoms with Crippen molar-refractivity contribution >= 4 is 33.0 Å². The zero-order valence-corrected chi connectivity index (χ0v) is 10.1. The number of hydrogen-bond acceptors (Lipinski definition) is 5. The number of halogens is 1. The van der Waals surface area contributed by atoms with Gasteiger partial charge >= 0.3 is 0 Å². The zero-order chi connectivity index (χ0) is 10.6. The number of aryl methyl sites for hydroxylation is 1. The van der Waals surface area contributed by atoms with Crippen molar-refractivity contribution in [1.82, 2.24) is 9.36 Å². The maximum Gasteiger partial charge on any atom is 0.228 e. The van der Waals surface area contributed by atoms with Gasteiger partial charge in [0.25, 0.3) is 0 Å². The van der Waals surface area contributed by atoms with Gasteiger partial charge in [-0.05, 0) is 18.0 Å². The molecule has 0 aliphatic carbocycles. The van der Waals surface area contributed by atoms with E-state index in [1.54, 1.807) is 0 Å². The van der Waals surface area contributed by atoms with E-state index in [-0.39, 0.29) is 10.1 Å². The van der Waals surface area contributed by atoms with Crippen LogP contribution in [-0.2, 0) is 16.3 Å². The third-order valence-electron chi connectivity index (χ3n) is 1.58. The molecule has 0 fully saturated rings. The van der Waals surface area contributed by atoms with Crippen molar-refractivity contribution in [3.05, 3.63) is 5.82 Å². The molecule has 0 spiro atoms. The van der Waals surface area contributed by atoms with Crippen LogP contribution in [0.2, 0.25) is 0 Å². The Morgan fingerprint density at radius 2 is 2.21 bits per heavy atom. The number of sulfone groups is 1. The van der Waals surface area contributed by atoms with Crippen molar-refractivity contribution in [2.45, 2.75) is 24.1 Å². The second-order valence-electron chi connectivity index (χ2n) is 2.69. The predicted octanol–water partition coefficient (Wildman–Crippen LogP) is 1.50. The van der Waals surface area contributed by atoms with E-state index in [1.807, 2.05) is 6.92 Å². The maximum absolute atomic E-state index is 11.6. The van der Waals surface area contributed by atoms with Gasteiger partial charge < -0.3 is 0 Å². The van der Waals surface area contributed by atoms with Crippen molar-refractivity contribution < 1.29 is 8.42 Å². The van der Waals surface area contributed by atoms with Crippen LogP contribution in [0.25, 0.3) is 0 Å². The van der Waals surface area contributed by atoms with E-state index in [0.29, 0.717) is 24.5 Å². The molecule has 0 unspecified atom stereocenters. The smallest absolute Gasteiger partial charge is 0.221 e. The summed E-state index contributed by atoms with van der Waals surface area (Å²) in [6.07, 6.45) is 1.10. The largest absolute Gasteiger partial charge is 0.228 e. The summed E-state index contributed by atoms with van der Waals surface area (Å²) in [5.74, 6) is 0.979. The van der Waals surface area contributed by atoms with Gasteiger partial charge in [0.05, 0.1) is 5.75 Å². The topological polar surface area (TPSA) is 59.9 Å². The van der Waals surface area contributed by atoms with Crippen LogP contribution in [0, 0.1) is 0 Å². The highest BCUT2D eigenvalue weighted by molar-refractivity contribution is 7.93. The van der Waals surface area contributed by atoms with Crippen LogP contribution in [0.4, 0.5) is 0 Å². The van der Waals surface area contributed by atoms with Gasteiger partial charge in [-0.1, -0.05) is 6.92 Å². The second-order valence-corrected chi connectivity index (χ2v) is 6.10. The molecule has 0 radical (unpaired) electrons. The number of nitrogens with zero attached hydrogens (tertiary/aromatic N) is 2. The monoisotopic (exact) mass is 254 g/mol. The van der Waals surface area contributed by atoms with Crippen LogP contribution >= 0.6 is 23.1 Å². The minimum Gasteiger partial charge on any atom is -0.221 e. The Labute approximate surface area is 92.4 Å². The Morgan fingerprint density at radius 3 is 2.71 bits per heavy atom. The van der Waals surface area contributed by atoms with E-state index in [4.69, 9.17) is 11.6 Å². The summed E-state index contributed by atoms with van der Waals surface area (Å²) < 4.78 is 27.2. The summed E-state index contributed by atoms with van der Waals surface area (Å²) >= 11 is 6.37. The third kappa shape index (κ3) is 2.90. The quantitative estimate of drug-likeness (QED) is 0.748. The van der Waals surface area contributed by atoms with E-state index in [0.717, 1.165) is 11.5 Å². The Kier molecular flexibility index (Phi) is 4.28. The summed E-state index contributed by atoms with van der Waals surface area (Å²) in [5, 5.41) is 0. The lowest BCUT2D eigenvalue weighted by Gasteiger charge is -1.96. The Bertz CT molecular complexity index is 388. The first-order valence-electron chi connectivity index (χ1n) is 4.21. The van der Waals surface area contributed by atoms with E-state index >= 15 is 0 Å². The van der Waals surface area contributed by atoms with Gasteiger partial charge in [0.1, 0.15) is 5.82 Å². The maximum atomic E-state index is 11.6. The molecule has 0 saturated heterocycles. The highest BCUT2D eigenvalue weighted by atomic mass is 35.5. The first-order chi connectivity index (χ1) is 6.60. The molecule has 0 aromatic carbocycles. The van der Waals surface area contributed by atoms with Crippen LogP contribution in [0.5, 0.6) is 0 Å².